The fourth-order valence-electron chi connectivity index (χ4n) is 1.12. The molecule has 54 valence electrons. The van der Waals surface area contributed by atoms with Gasteiger partial charge in [0.15, 0.2) is 0 Å². The maximum Gasteiger partial charge on any atom is 0.0302 e. The van der Waals surface area contributed by atoms with E-state index in [-0.39, 0.29) is 0 Å². The minimum Gasteiger partial charge on any atom is -0.264 e. The fourth-order valence-corrected chi connectivity index (χ4v) is 1.12. The second-order valence-electron chi connectivity index (χ2n) is 2.35. The van der Waals surface area contributed by atoms with Gasteiger partial charge >= 0.3 is 0 Å². The molecule has 0 radical (unpaired) electrons. The lowest BCUT2D eigenvalue weighted by Gasteiger charge is -2.01. The predicted octanol–water partition coefficient (Wildman–Crippen LogP) is 2.21. The number of aromatic nitrogens is 1. The number of nitrogens with zero attached hydrogens (tertiary/aromatic N) is 1. The number of pyridine rings is 1. The molecule has 0 saturated heterocycles. The van der Waals surface area contributed by atoms with Crippen LogP contribution in [0.25, 0.3) is 0 Å². The molecule has 0 unspecified atom stereocenters. The van der Waals surface area contributed by atoms with Gasteiger partial charge in [-0.05, 0) is 30.0 Å². The molecule has 0 aliphatic rings. The van der Waals surface area contributed by atoms with Crippen LogP contribution in [-0.4, -0.2) is 4.98 Å². The zero-order valence-corrected chi connectivity index (χ0v) is 6.59. The van der Waals surface area contributed by atoms with Crippen molar-refractivity contribution in [2.75, 3.05) is 0 Å². The highest BCUT2D eigenvalue weighted by Crippen LogP contribution is 2.07. The zero-order chi connectivity index (χ0) is 7.40. The summed E-state index contributed by atoms with van der Waals surface area (Å²) in [7, 11) is 0. The molecule has 0 N–H and O–H groups in total. The molecule has 1 rings (SSSR count). The maximum absolute atomic E-state index is 4.06. The van der Waals surface area contributed by atoms with E-state index in [9.17, 15) is 0 Å². The van der Waals surface area contributed by atoms with Crippen molar-refractivity contribution >= 4 is 0 Å². The number of aryl methyl sites for hydroxylation is 2. The van der Waals surface area contributed by atoms with Crippen LogP contribution in [0.5, 0.6) is 0 Å². The van der Waals surface area contributed by atoms with Crippen LogP contribution in [-0.2, 0) is 12.8 Å². The molecule has 0 saturated carbocycles. The Morgan fingerprint density at radius 3 is 2.40 bits per heavy atom. The molecule has 1 aromatic heterocycles. The van der Waals surface area contributed by atoms with Gasteiger partial charge in [-0.2, -0.15) is 0 Å². The summed E-state index contributed by atoms with van der Waals surface area (Å²) >= 11 is 0. The van der Waals surface area contributed by atoms with Crippen LogP contribution in [0.3, 0.4) is 0 Å². The second-order valence-corrected chi connectivity index (χ2v) is 2.35. The lowest BCUT2D eigenvalue weighted by molar-refractivity contribution is 1.01. The highest BCUT2D eigenvalue weighted by molar-refractivity contribution is 5.22. The van der Waals surface area contributed by atoms with E-state index in [4.69, 9.17) is 0 Å². The zero-order valence-electron chi connectivity index (χ0n) is 6.59. The van der Waals surface area contributed by atoms with E-state index in [0.717, 1.165) is 12.8 Å². The molecule has 0 atom stereocenters. The third-order valence-electron chi connectivity index (χ3n) is 1.77. The summed E-state index contributed by atoms with van der Waals surface area (Å²) in [5.74, 6) is 0. The van der Waals surface area contributed by atoms with E-state index in [0.29, 0.717) is 0 Å². The average Bonchev–Trinajstić information content (AvgIpc) is 2.04. The quantitative estimate of drug-likeness (QED) is 0.605. The first kappa shape index (κ1) is 7.26. The van der Waals surface area contributed by atoms with Gasteiger partial charge in [-0.1, -0.05) is 13.8 Å². The molecule has 0 amide bonds. The summed E-state index contributed by atoms with van der Waals surface area (Å²) in [5.41, 5.74) is 2.81. The Kier molecular flexibility index (Phi) is 2.43. The van der Waals surface area contributed by atoms with E-state index in [1.807, 2.05) is 12.4 Å². The Hall–Kier alpha value is -0.850. The minimum atomic E-state index is 1.09. The molecule has 1 nitrogen and oxygen atoms in total. The Balaban J connectivity index is 2.96. The first-order valence-corrected chi connectivity index (χ1v) is 3.80. The minimum absolute atomic E-state index is 1.09. The van der Waals surface area contributed by atoms with Crippen LogP contribution < -0.4 is 0 Å². The van der Waals surface area contributed by atoms with Crippen LogP contribution in [0.15, 0.2) is 18.5 Å². The second kappa shape index (κ2) is 3.35. The number of rotatable bonds is 2. The van der Waals surface area contributed by atoms with Gasteiger partial charge in [-0.25, -0.2) is 0 Å². The summed E-state index contributed by atoms with van der Waals surface area (Å²) in [5, 5.41) is 0. The van der Waals surface area contributed by atoms with Gasteiger partial charge in [-0.15, -0.1) is 0 Å². The van der Waals surface area contributed by atoms with Crippen LogP contribution in [0.2, 0.25) is 0 Å². The smallest absolute Gasteiger partial charge is 0.0302 e. The SMILES string of the molecule is CCc1ccncc1CC. The highest BCUT2D eigenvalue weighted by atomic mass is 14.6. The van der Waals surface area contributed by atoms with Crippen LogP contribution in [0.1, 0.15) is 25.0 Å². The standard InChI is InChI=1S/C9H13N/c1-3-8-5-6-10-7-9(8)4-2/h5-7H,3-4H2,1-2H3. The Morgan fingerprint density at radius 1 is 1.20 bits per heavy atom. The Morgan fingerprint density at radius 2 is 1.90 bits per heavy atom. The lowest BCUT2D eigenvalue weighted by atomic mass is 10.1. The third kappa shape index (κ3) is 1.35. The molecule has 1 aromatic rings. The molecule has 0 aliphatic heterocycles. The molecular formula is C9H13N. The van der Waals surface area contributed by atoms with Crippen molar-refractivity contribution in [3.05, 3.63) is 29.6 Å². The molecule has 0 aliphatic carbocycles. The van der Waals surface area contributed by atoms with Gasteiger partial charge in [0, 0.05) is 12.4 Å². The van der Waals surface area contributed by atoms with Crippen molar-refractivity contribution in [3.8, 4) is 0 Å². The van der Waals surface area contributed by atoms with Crippen LogP contribution in [0, 0.1) is 0 Å². The maximum atomic E-state index is 4.06. The van der Waals surface area contributed by atoms with Crippen LogP contribution in [0.4, 0.5) is 0 Å². The van der Waals surface area contributed by atoms with Gasteiger partial charge in [-0.3, -0.25) is 4.98 Å². The Labute approximate surface area is 62.1 Å². The number of hydrogen-bond donors (Lipinski definition) is 0. The molecule has 1 heteroatoms. The molecule has 0 bridgehead atoms. The van der Waals surface area contributed by atoms with Crippen molar-refractivity contribution in [1.82, 2.24) is 4.98 Å². The largest absolute Gasteiger partial charge is 0.264 e. The van der Waals surface area contributed by atoms with Crippen molar-refractivity contribution < 1.29 is 0 Å². The van der Waals surface area contributed by atoms with Crippen LogP contribution >= 0.6 is 0 Å². The highest BCUT2D eigenvalue weighted by Gasteiger charge is 1.94. The van der Waals surface area contributed by atoms with Gasteiger partial charge in [0.25, 0.3) is 0 Å². The molecule has 0 fully saturated rings. The van der Waals surface area contributed by atoms with E-state index in [2.05, 4.69) is 24.9 Å². The van der Waals surface area contributed by atoms with Gasteiger partial charge in [0.05, 0.1) is 0 Å². The van der Waals surface area contributed by atoms with Crippen molar-refractivity contribution in [1.29, 1.82) is 0 Å². The molecule has 1 heterocycles. The normalized spacial score (nSPS) is 9.80. The van der Waals surface area contributed by atoms with Gasteiger partial charge < -0.3 is 0 Å². The van der Waals surface area contributed by atoms with Gasteiger partial charge in [0.2, 0.25) is 0 Å². The molecule has 0 spiro atoms. The fraction of sp³-hybridized carbons (Fsp3) is 0.444. The van der Waals surface area contributed by atoms with E-state index in [1.165, 1.54) is 11.1 Å². The predicted molar refractivity (Wildman–Crippen MR) is 43.0 cm³/mol. The van der Waals surface area contributed by atoms with Gasteiger partial charge in [0.1, 0.15) is 0 Å². The topological polar surface area (TPSA) is 12.9 Å². The summed E-state index contributed by atoms with van der Waals surface area (Å²) in [6.45, 7) is 4.34. The summed E-state index contributed by atoms with van der Waals surface area (Å²) in [6, 6.07) is 2.10. The van der Waals surface area contributed by atoms with Crippen molar-refractivity contribution in [3.63, 3.8) is 0 Å². The average molecular weight is 135 g/mol. The number of hydrogen-bond acceptors (Lipinski definition) is 1. The summed E-state index contributed by atoms with van der Waals surface area (Å²) < 4.78 is 0. The van der Waals surface area contributed by atoms with E-state index < -0.39 is 0 Å². The Bertz CT molecular complexity index is 183. The molecule has 10 heavy (non-hydrogen) atoms. The summed E-state index contributed by atoms with van der Waals surface area (Å²) in [6.07, 6.45) is 6.03. The van der Waals surface area contributed by atoms with Crippen molar-refractivity contribution in [2.24, 2.45) is 0 Å². The van der Waals surface area contributed by atoms with E-state index in [1.54, 1.807) is 0 Å². The third-order valence-corrected chi connectivity index (χ3v) is 1.77. The molecule has 0 aromatic carbocycles. The van der Waals surface area contributed by atoms with E-state index >= 15 is 0 Å². The molecular weight excluding hydrogens is 122 g/mol. The first-order chi connectivity index (χ1) is 4.88. The lowest BCUT2D eigenvalue weighted by Crippen LogP contribution is -1.90. The first-order valence-electron chi connectivity index (χ1n) is 3.80. The van der Waals surface area contributed by atoms with Crippen molar-refractivity contribution in [2.45, 2.75) is 26.7 Å². The summed E-state index contributed by atoms with van der Waals surface area (Å²) in [4.78, 5) is 4.06. The monoisotopic (exact) mass is 135 g/mol.